The van der Waals surface area contributed by atoms with Gasteiger partial charge in [-0.25, -0.2) is 0 Å². The van der Waals surface area contributed by atoms with E-state index in [4.69, 9.17) is 5.11 Å². The third-order valence-electron chi connectivity index (χ3n) is 4.75. The highest BCUT2D eigenvalue weighted by Crippen LogP contribution is 2.12. The largest absolute Gasteiger partial charge is 0.481 e. The first-order valence-corrected chi connectivity index (χ1v) is 10.5. The Balaban J connectivity index is 2.01. The van der Waals surface area contributed by atoms with Crippen LogP contribution in [-0.2, 0) is 16.0 Å². The summed E-state index contributed by atoms with van der Waals surface area (Å²) in [6.45, 7) is 4.09. The fourth-order valence-corrected chi connectivity index (χ4v) is 3.42. The van der Waals surface area contributed by atoms with E-state index in [0.717, 1.165) is 19.3 Å². The van der Waals surface area contributed by atoms with Crippen LogP contribution in [0.25, 0.3) is 0 Å². The average Bonchev–Trinajstić information content (AvgIpc) is 2.60. The molecular formula is C23H37NO3. The summed E-state index contributed by atoms with van der Waals surface area (Å²) < 4.78 is 0. The summed E-state index contributed by atoms with van der Waals surface area (Å²) in [7, 11) is 0. The minimum absolute atomic E-state index is 0.00685. The number of amides is 1. The summed E-state index contributed by atoms with van der Waals surface area (Å²) in [6, 6.07) is 10.4. The Morgan fingerprint density at radius 2 is 1.52 bits per heavy atom. The number of carboxylic acid groups (broad SMARTS) is 1. The van der Waals surface area contributed by atoms with E-state index in [-0.39, 0.29) is 18.4 Å². The van der Waals surface area contributed by atoms with Crippen LogP contribution in [0.1, 0.15) is 83.6 Å². The quantitative estimate of drug-likeness (QED) is 0.406. The van der Waals surface area contributed by atoms with Gasteiger partial charge < -0.3 is 10.4 Å². The van der Waals surface area contributed by atoms with Crippen LogP contribution < -0.4 is 5.32 Å². The van der Waals surface area contributed by atoms with E-state index in [1.807, 2.05) is 13.8 Å². The lowest BCUT2D eigenvalue weighted by molar-refractivity contribution is -0.137. The molecule has 0 aromatic heterocycles. The van der Waals surface area contributed by atoms with Gasteiger partial charge in [0.2, 0.25) is 5.91 Å². The highest BCUT2D eigenvalue weighted by molar-refractivity contribution is 5.77. The summed E-state index contributed by atoms with van der Waals surface area (Å²) in [5.74, 6) is -0.491. The number of hydrogen-bond acceptors (Lipinski definition) is 2. The molecule has 1 atom stereocenters. The van der Waals surface area contributed by atoms with Crippen LogP contribution in [0.3, 0.4) is 0 Å². The SMILES string of the molecule is CC(C)C[C@H](CC(=O)O)NC(=O)CCCCCCCCCc1ccccc1. The molecule has 4 heteroatoms. The number of carbonyl (C=O) groups is 2. The number of aryl methyl sites for hydroxylation is 1. The predicted octanol–water partition coefficient (Wildman–Crippen LogP) is 5.36. The van der Waals surface area contributed by atoms with Crippen molar-refractivity contribution in [1.82, 2.24) is 5.32 Å². The number of aliphatic carboxylic acids is 1. The molecule has 2 N–H and O–H groups in total. The monoisotopic (exact) mass is 375 g/mol. The van der Waals surface area contributed by atoms with Gasteiger partial charge in [-0.2, -0.15) is 0 Å². The topological polar surface area (TPSA) is 66.4 Å². The number of carboxylic acids is 1. The molecule has 0 fully saturated rings. The zero-order chi connectivity index (χ0) is 19.9. The number of benzene rings is 1. The van der Waals surface area contributed by atoms with E-state index < -0.39 is 5.97 Å². The Kier molecular flexibility index (Phi) is 12.2. The van der Waals surface area contributed by atoms with Gasteiger partial charge in [0.15, 0.2) is 0 Å². The van der Waals surface area contributed by atoms with E-state index in [9.17, 15) is 9.59 Å². The van der Waals surface area contributed by atoms with Crippen LogP contribution in [0.15, 0.2) is 30.3 Å². The maximum Gasteiger partial charge on any atom is 0.305 e. The number of nitrogens with one attached hydrogen (secondary N) is 1. The molecule has 4 nitrogen and oxygen atoms in total. The van der Waals surface area contributed by atoms with Crippen LogP contribution in [0.4, 0.5) is 0 Å². The van der Waals surface area contributed by atoms with Crippen molar-refractivity contribution >= 4 is 11.9 Å². The lowest BCUT2D eigenvalue weighted by Gasteiger charge is -2.18. The zero-order valence-corrected chi connectivity index (χ0v) is 17.1. The Morgan fingerprint density at radius 3 is 2.11 bits per heavy atom. The third kappa shape index (κ3) is 13.0. The van der Waals surface area contributed by atoms with Crippen molar-refractivity contribution < 1.29 is 14.7 Å². The molecular weight excluding hydrogens is 338 g/mol. The average molecular weight is 376 g/mol. The summed E-state index contributed by atoms with van der Waals surface area (Å²) in [4.78, 5) is 22.9. The summed E-state index contributed by atoms with van der Waals surface area (Å²) >= 11 is 0. The van der Waals surface area contributed by atoms with E-state index in [0.29, 0.717) is 18.8 Å². The van der Waals surface area contributed by atoms with Gasteiger partial charge in [-0.15, -0.1) is 0 Å². The molecule has 0 aliphatic heterocycles. The number of unbranched alkanes of at least 4 members (excludes halogenated alkanes) is 6. The molecule has 0 spiro atoms. The molecule has 1 amide bonds. The first-order valence-electron chi connectivity index (χ1n) is 10.5. The lowest BCUT2D eigenvalue weighted by Crippen LogP contribution is -2.37. The molecule has 0 radical (unpaired) electrons. The fraction of sp³-hybridized carbons (Fsp3) is 0.652. The van der Waals surface area contributed by atoms with Crippen molar-refractivity contribution in [3.63, 3.8) is 0 Å². The molecule has 0 saturated carbocycles. The van der Waals surface area contributed by atoms with Crippen LogP contribution in [0, 0.1) is 5.92 Å². The predicted molar refractivity (Wildman–Crippen MR) is 111 cm³/mol. The number of carbonyl (C=O) groups excluding carboxylic acids is 1. The van der Waals surface area contributed by atoms with E-state index in [2.05, 4.69) is 35.6 Å². The smallest absolute Gasteiger partial charge is 0.305 e. The molecule has 1 aromatic rings. The zero-order valence-electron chi connectivity index (χ0n) is 17.1. The molecule has 0 bridgehead atoms. The first-order chi connectivity index (χ1) is 13.0. The van der Waals surface area contributed by atoms with Crippen molar-refractivity contribution in [2.24, 2.45) is 5.92 Å². The molecule has 1 rings (SSSR count). The van der Waals surface area contributed by atoms with Crippen LogP contribution >= 0.6 is 0 Å². The van der Waals surface area contributed by atoms with Crippen LogP contribution in [-0.4, -0.2) is 23.0 Å². The highest BCUT2D eigenvalue weighted by Gasteiger charge is 2.17. The molecule has 152 valence electrons. The van der Waals surface area contributed by atoms with Gasteiger partial charge in [0.25, 0.3) is 0 Å². The van der Waals surface area contributed by atoms with E-state index >= 15 is 0 Å². The van der Waals surface area contributed by atoms with Gasteiger partial charge in [0, 0.05) is 12.5 Å². The molecule has 0 aliphatic rings. The second kappa shape index (κ2) is 14.2. The van der Waals surface area contributed by atoms with Crippen molar-refractivity contribution in [2.45, 2.75) is 90.5 Å². The first kappa shape index (κ1) is 23.2. The fourth-order valence-electron chi connectivity index (χ4n) is 3.42. The second-order valence-corrected chi connectivity index (χ2v) is 7.95. The van der Waals surface area contributed by atoms with Gasteiger partial charge in [0.1, 0.15) is 0 Å². The maximum atomic E-state index is 12.0. The molecule has 0 unspecified atom stereocenters. The number of rotatable bonds is 15. The second-order valence-electron chi connectivity index (χ2n) is 7.95. The Morgan fingerprint density at radius 1 is 0.926 bits per heavy atom. The number of hydrogen-bond donors (Lipinski definition) is 2. The van der Waals surface area contributed by atoms with Gasteiger partial charge in [0.05, 0.1) is 6.42 Å². The molecule has 0 heterocycles. The van der Waals surface area contributed by atoms with E-state index in [1.165, 1.54) is 37.7 Å². The normalized spacial score (nSPS) is 12.1. The van der Waals surface area contributed by atoms with Crippen molar-refractivity contribution in [3.8, 4) is 0 Å². The Labute approximate surface area is 164 Å². The lowest BCUT2D eigenvalue weighted by atomic mass is 10.0. The summed E-state index contributed by atoms with van der Waals surface area (Å²) in [6.07, 6.45) is 10.5. The molecule has 1 aromatic carbocycles. The molecule has 0 aliphatic carbocycles. The minimum Gasteiger partial charge on any atom is -0.481 e. The van der Waals surface area contributed by atoms with Crippen molar-refractivity contribution in [3.05, 3.63) is 35.9 Å². The van der Waals surface area contributed by atoms with Gasteiger partial charge in [-0.3, -0.25) is 9.59 Å². The summed E-state index contributed by atoms with van der Waals surface area (Å²) in [5, 5.41) is 11.9. The van der Waals surface area contributed by atoms with Gasteiger partial charge in [-0.1, -0.05) is 76.3 Å². The van der Waals surface area contributed by atoms with Crippen LogP contribution in [0.5, 0.6) is 0 Å². The van der Waals surface area contributed by atoms with Crippen LogP contribution in [0.2, 0.25) is 0 Å². The van der Waals surface area contributed by atoms with Gasteiger partial charge >= 0.3 is 5.97 Å². The van der Waals surface area contributed by atoms with E-state index in [1.54, 1.807) is 0 Å². The third-order valence-corrected chi connectivity index (χ3v) is 4.75. The summed E-state index contributed by atoms with van der Waals surface area (Å²) in [5.41, 5.74) is 1.42. The Hall–Kier alpha value is -1.84. The van der Waals surface area contributed by atoms with Crippen molar-refractivity contribution in [1.29, 1.82) is 0 Å². The standard InChI is InChI=1S/C23H37NO3/c1-19(2)17-21(18-23(26)27)24-22(25)16-12-7-5-3-4-6-9-13-20-14-10-8-11-15-20/h8,10-11,14-15,19,21H,3-7,9,12-13,16-18H2,1-2H3,(H,24,25)(H,26,27)/t21-/m1/s1. The minimum atomic E-state index is -0.854. The Bertz CT molecular complexity index is 528. The molecule has 0 saturated heterocycles. The highest BCUT2D eigenvalue weighted by atomic mass is 16.4. The van der Waals surface area contributed by atoms with Gasteiger partial charge in [-0.05, 0) is 37.2 Å². The van der Waals surface area contributed by atoms with Crippen molar-refractivity contribution in [2.75, 3.05) is 0 Å². The molecule has 27 heavy (non-hydrogen) atoms. The maximum absolute atomic E-state index is 12.0.